The molecule has 0 spiro atoms. The van der Waals surface area contributed by atoms with Gasteiger partial charge in [0.1, 0.15) is 33.0 Å². The van der Waals surface area contributed by atoms with Crippen molar-refractivity contribution in [1.29, 1.82) is 0 Å². The molecule has 2 heterocycles. The maximum Gasteiger partial charge on any atom is 0.407 e. The smallest absolute Gasteiger partial charge is 0.407 e. The summed E-state index contributed by atoms with van der Waals surface area (Å²) in [6.45, 7) is 6.09. The molecule has 0 atom stereocenters. The number of anilines is 1. The second-order valence-electron chi connectivity index (χ2n) is 9.30. The number of carbonyl (C=O) groups is 1. The summed E-state index contributed by atoms with van der Waals surface area (Å²) in [6.07, 6.45) is 4.90. The average molecular weight is 532 g/mol. The molecule has 1 fully saturated rings. The van der Waals surface area contributed by atoms with Crippen LogP contribution in [0.5, 0.6) is 11.5 Å². The molecule has 1 aliphatic rings. The lowest BCUT2D eigenvalue weighted by molar-refractivity contribution is 0.0469. The monoisotopic (exact) mass is 531 g/mol. The fourth-order valence-electron chi connectivity index (χ4n) is 4.03. The quantitative estimate of drug-likeness (QED) is 0.447. The lowest BCUT2D eigenvalue weighted by Crippen LogP contribution is -2.45. The zero-order valence-electron chi connectivity index (χ0n) is 20.0. The minimum Gasteiger partial charge on any atom is -0.497 e. The molecule has 4 rings (SSSR count). The fraction of sp³-hybridized carbons (Fsp3) is 0.458. The van der Waals surface area contributed by atoms with Gasteiger partial charge in [-0.2, -0.15) is 0 Å². The minimum atomic E-state index is -0.510. The Bertz CT molecular complexity index is 1180. The van der Waals surface area contributed by atoms with Crippen molar-refractivity contribution >= 4 is 33.4 Å². The van der Waals surface area contributed by atoms with Crippen molar-refractivity contribution in [3.05, 3.63) is 46.6 Å². The first kappa shape index (κ1) is 24.1. The van der Waals surface area contributed by atoms with Crippen LogP contribution < -0.4 is 20.1 Å². The Morgan fingerprint density at radius 2 is 2.00 bits per heavy atom. The first-order valence-electron chi connectivity index (χ1n) is 11.1. The first-order chi connectivity index (χ1) is 16.2. The largest absolute Gasteiger partial charge is 0.497 e. The lowest BCUT2D eigenvalue weighted by atomic mass is 9.80. The van der Waals surface area contributed by atoms with Gasteiger partial charge in [-0.25, -0.2) is 14.8 Å². The van der Waals surface area contributed by atoms with E-state index in [0.29, 0.717) is 12.4 Å². The van der Waals surface area contributed by atoms with E-state index in [1.54, 1.807) is 20.4 Å². The van der Waals surface area contributed by atoms with Gasteiger partial charge in [-0.05, 0) is 61.7 Å². The van der Waals surface area contributed by atoms with Gasteiger partial charge in [0, 0.05) is 42.5 Å². The van der Waals surface area contributed by atoms with Crippen LogP contribution in [0.1, 0.15) is 50.9 Å². The van der Waals surface area contributed by atoms with Crippen molar-refractivity contribution < 1.29 is 19.0 Å². The highest BCUT2D eigenvalue weighted by Crippen LogP contribution is 2.39. The predicted molar refractivity (Wildman–Crippen MR) is 133 cm³/mol. The number of benzene rings is 1. The predicted octanol–water partition coefficient (Wildman–Crippen LogP) is 4.89. The lowest BCUT2D eigenvalue weighted by Gasteiger charge is -2.35. The van der Waals surface area contributed by atoms with Crippen LogP contribution in [0.2, 0.25) is 0 Å². The van der Waals surface area contributed by atoms with Gasteiger partial charge in [0.25, 0.3) is 0 Å². The average Bonchev–Trinajstić information content (AvgIpc) is 3.09. The summed E-state index contributed by atoms with van der Waals surface area (Å²) in [5.74, 6) is 3.37. The Morgan fingerprint density at radius 3 is 2.68 bits per heavy atom. The van der Waals surface area contributed by atoms with Crippen LogP contribution in [0.15, 0.2) is 35.2 Å². The second kappa shape index (κ2) is 9.69. The van der Waals surface area contributed by atoms with Gasteiger partial charge in [0.15, 0.2) is 5.82 Å². The van der Waals surface area contributed by atoms with Crippen molar-refractivity contribution in [2.75, 3.05) is 19.5 Å². The van der Waals surface area contributed by atoms with Gasteiger partial charge in [-0.1, -0.05) is 0 Å². The summed E-state index contributed by atoms with van der Waals surface area (Å²) in [5.41, 5.74) is 1.34. The Morgan fingerprint density at radius 1 is 1.24 bits per heavy atom. The van der Waals surface area contributed by atoms with E-state index in [1.807, 2.05) is 45.2 Å². The van der Waals surface area contributed by atoms with Crippen LogP contribution in [0.4, 0.5) is 10.6 Å². The maximum absolute atomic E-state index is 12.0. The summed E-state index contributed by atoms with van der Waals surface area (Å²) in [7, 11) is 3.27. The third-order valence-electron chi connectivity index (χ3n) is 5.70. The highest BCUT2D eigenvalue weighted by molar-refractivity contribution is 9.10. The molecule has 0 aliphatic heterocycles. The minimum absolute atomic E-state index is 0.0768. The molecular weight excluding hydrogens is 502 g/mol. The second-order valence-corrected chi connectivity index (χ2v) is 10.0. The summed E-state index contributed by atoms with van der Waals surface area (Å²) in [5, 5.41) is 6.35. The number of nitrogens with one attached hydrogen (secondary N) is 2. The number of carbonyl (C=O) groups excluding carboxylic acids is 1. The fourth-order valence-corrected chi connectivity index (χ4v) is 4.60. The first-order valence-corrected chi connectivity index (χ1v) is 11.9. The Balaban J connectivity index is 1.46. The third-order valence-corrected chi connectivity index (χ3v) is 6.26. The molecule has 0 bridgehead atoms. The summed E-state index contributed by atoms with van der Waals surface area (Å²) in [6, 6.07) is 5.80. The Labute approximate surface area is 207 Å². The molecule has 9 nitrogen and oxygen atoms in total. The highest BCUT2D eigenvalue weighted by atomic mass is 79.9. The van der Waals surface area contributed by atoms with Crippen molar-refractivity contribution in [2.24, 2.45) is 0 Å². The molecule has 0 saturated heterocycles. The van der Waals surface area contributed by atoms with E-state index < -0.39 is 5.60 Å². The number of aromatic nitrogens is 3. The number of alkyl carbamates (subject to hydrolysis) is 1. The van der Waals surface area contributed by atoms with Crippen LogP contribution >= 0.6 is 15.9 Å². The number of nitrogens with zero attached hydrogens (tertiary/aromatic N) is 3. The number of imidazole rings is 1. The number of ether oxygens (including phenoxy) is 3. The van der Waals surface area contributed by atoms with Crippen molar-refractivity contribution in [1.82, 2.24) is 19.7 Å². The molecule has 3 aromatic rings. The van der Waals surface area contributed by atoms with Crippen LogP contribution in [0, 0.1) is 0 Å². The molecule has 1 saturated carbocycles. The number of amides is 1. The van der Waals surface area contributed by atoms with Crippen LogP contribution in [0.25, 0.3) is 5.52 Å². The summed E-state index contributed by atoms with van der Waals surface area (Å²) < 4.78 is 18.9. The summed E-state index contributed by atoms with van der Waals surface area (Å²) in [4.78, 5) is 21.3. The van der Waals surface area contributed by atoms with Crippen molar-refractivity contribution in [3.63, 3.8) is 0 Å². The van der Waals surface area contributed by atoms with Gasteiger partial charge in [-0.3, -0.25) is 4.40 Å². The number of hydrogen-bond acceptors (Lipinski definition) is 7. The van der Waals surface area contributed by atoms with Crippen molar-refractivity contribution in [2.45, 2.75) is 57.7 Å². The molecule has 1 aromatic carbocycles. The van der Waals surface area contributed by atoms with Crippen LogP contribution in [-0.4, -0.2) is 46.3 Å². The van der Waals surface area contributed by atoms with Gasteiger partial charge < -0.3 is 24.8 Å². The molecule has 10 heteroatoms. The standard InChI is InChI=1S/C24H30BrN5O4/c1-24(2,3)34-23(31)28-16-10-15(11-16)22-29-20(25)19-21(26-8-9-30(19)22)27-13-14-6-7-17(32-4)12-18(14)33-5/h6-9,12,15-16H,10-11,13H2,1-5H3,(H,26,27)(H,28,31). The number of rotatable bonds is 7. The van der Waals surface area contributed by atoms with E-state index >= 15 is 0 Å². The maximum atomic E-state index is 12.0. The zero-order chi connectivity index (χ0) is 24.5. The molecular formula is C24H30BrN5O4. The topological polar surface area (TPSA) is 99.0 Å². The molecule has 2 aromatic heterocycles. The summed E-state index contributed by atoms with van der Waals surface area (Å²) >= 11 is 3.61. The van der Waals surface area contributed by atoms with Gasteiger partial charge in [-0.15, -0.1) is 0 Å². The van der Waals surface area contributed by atoms with Gasteiger partial charge in [0.2, 0.25) is 0 Å². The van der Waals surface area contributed by atoms with E-state index in [-0.39, 0.29) is 18.1 Å². The van der Waals surface area contributed by atoms with Crippen molar-refractivity contribution in [3.8, 4) is 11.5 Å². The van der Waals surface area contributed by atoms with E-state index in [1.165, 1.54) is 0 Å². The number of hydrogen-bond donors (Lipinski definition) is 2. The van der Waals surface area contributed by atoms with E-state index in [0.717, 1.165) is 45.8 Å². The van der Waals surface area contributed by atoms with Gasteiger partial charge >= 0.3 is 6.09 Å². The zero-order valence-corrected chi connectivity index (χ0v) is 21.6. The molecule has 0 radical (unpaired) electrons. The van der Waals surface area contributed by atoms with E-state index in [2.05, 4.69) is 35.9 Å². The molecule has 34 heavy (non-hydrogen) atoms. The van der Waals surface area contributed by atoms with Gasteiger partial charge in [0.05, 0.1) is 14.2 Å². The molecule has 2 N–H and O–H groups in total. The third kappa shape index (κ3) is 5.22. The number of fused-ring (bicyclic) bond motifs is 1. The molecule has 182 valence electrons. The molecule has 0 unspecified atom stereocenters. The van der Waals surface area contributed by atoms with E-state index in [4.69, 9.17) is 19.2 Å². The SMILES string of the molecule is COc1ccc(CNc2nccn3c(C4CC(NC(=O)OC(C)(C)C)C4)nc(Br)c23)c(OC)c1. The Kier molecular flexibility index (Phi) is 6.88. The number of halogens is 1. The van der Waals surface area contributed by atoms with E-state index in [9.17, 15) is 4.79 Å². The highest BCUT2D eigenvalue weighted by Gasteiger charge is 2.36. The number of methoxy groups -OCH3 is 2. The normalized spacial score (nSPS) is 17.7. The molecule has 1 aliphatic carbocycles. The van der Waals surface area contributed by atoms with Crippen LogP contribution in [0.3, 0.4) is 0 Å². The Hall–Kier alpha value is -3.01. The van der Waals surface area contributed by atoms with Crippen LogP contribution in [-0.2, 0) is 11.3 Å². The molecule has 1 amide bonds.